The molecule has 8 nitrogen and oxygen atoms in total. The van der Waals surface area contributed by atoms with E-state index < -0.39 is 5.63 Å². The number of aliphatic imine (C=N–C) groups is 1. The van der Waals surface area contributed by atoms with E-state index in [0.29, 0.717) is 52.6 Å². The molecular weight excluding hydrogens is 408 g/mol. The van der Waals surface area contributed by atoms with Gasteiger partial charge in [-0.15, -0.1) is 0 Å². The van der Waals surface area contributed by atoms with Gasteiger partial charge in [0.25, 0.3) is 0 Å². The summed E-state index contributed by atoms with van der Waals surface area (Å²) in [6.07, 6.45) is 0. The second-order valence-corrected chi connectivity index (χ2v) is 7.34. The summed E-state index contributed by atoms with van der Waals surface area (Å²) in [5, 5.41) is 14.0. The van der Waals surface area contributed by atoms with E-state index in [9.17, 15) is 9.90 Å². The first-order valence-corrected chi connectivity index (χ1v) is 10.0. The molecule has 0 saturated heterocycles. The summed E-state index contributed by atoms with van der Waals surface area (Å²) in [6, 6.07) is 15.8. The van der Waals surface area contributed by atoms with Gasteiger partial charge in [0.05, 0.1) is 30.5 Å². The average Bonchev–Trinajstić information content (AvgIpc) is 3.33. The van der Waals surface area contributed by atoms with Crippen LogP contribution in [0, 0.1) is 0 Å². The van der Waals surface area contributed by atoms with Crippen molar-refractivity contribution in [2.75, 3.05) is 25.9 Å². The summed E-state index contributed by atoms with van der Waals surface area (Å²) in [7, 11) is 1.48. The van der Waals surface area contributed by atoms with Crippen molar-refractivity contribution in [3.63, 3.8) is 0 Å². The van der Waals surface area contributed by atoms with Crippen LogP contribution in [0.15, 0.2) is 68.8 Å². The third-order valence-electron chi connectivity index (χ3n) is 5.37. The van der Waals surface area contributed by atoms with Crippen molar-refractivity contribution >= 4 is 22.6 Å². The number of aromatic nitrogens is 1. The number of hydrogen-bond donors (Lipinski definition) is 3. The SMILES string of the molecule is COc1cc(-c2cc(-c3cc4ccccc4oc3=O)nc(N)c2C2=NCCN2)ccc1O. The molecule has 2 aromatic heterocycles. The van der Waals surface area contributed by atoms with Gasteiger partial charge in [0.15, 0.2) is 11.5 Å². The number of ether oxygens (including phenoxy) is 1. The van der Waals surface area contributed by atoms with Crippen LogP contribution in [0.4, 0.5) is 5.82 Å². The zero-order chi connectivity index (χ0) is 22.2. The van der Waals surface area contributed by atoms with Gasteiger partial charge in [-0.25, -0.2) is 9.78 Å². The minimum absolute atomic E-state index is 0.0200. The summed E-state index contributed by atoms with van der Waals surface area (Å²) in [4.78, 5) is 21.8. The van der Waals surface area contributed by atoms with Gasteiger partial charge in [0.2, 0.25) is 0 Å². The van der Waals surface area contributed by atoms with Gasteiger partial charge in [-0.1, -0.05) is 24.3 Å². The number of anilines is 1. The molecule has 2 aromatic carbocycles. The zero-order valence-electron chi connectivity index (χ0n) is 17.3. The lowest BCUT2D eigenvalue weighted by Crippen LogP contribution is -2.22. The lowest BCUT2D eigenvalue weighted by Gasteiger charge is -2.16. The molecule has 3 heterocycles. The van der Waals surface area contributed by atoms with Gasteiger partial charge >= 0.3 is 5.63 Å². The number of para-hydroxylation sites is 1. The van der Waals surface area contributed by atoms with Gasteiger partial charge < -0.3 is 25.3 Å². The Morgan fingerprint density at radius 3 is 2.75 bits per heavy atom. The number of nitrogens with zero attached hydrogens (tertiary/aromatic N) is 2. The zero-order valence-corrected chi connectivity index (χ0v) is 17.3. The number of nitrogens with two attached hydrogens (primary N) is 1. The number of rotatable bonds is 4. The maximum absolute atomic E-state index is 12.7. The number of nitrogens with one attached hydrogen (secondary N) is 1. The first kappa shape index (κ1) is 19.6. The standard InChI is InChI=1S/C24H20N4O4/c1-31-20-11-13(6-7-18(20)29)15-12-17(28-22(25)21(15)23-26-8-9-27-23)16-10-14-4-2-3-5-19(14)32-24(16)30/h2-7,10-12,29H,8-9H2,1H3,(H2,25,28)(H,26,27). The van der Waals surface area contributed by atoms with Gasteiger partial charge in [-0.05, 0) is 41.5 Å². The number of nitrogen functional groups attached to an aromatic ring is 1. The molecule has 4 aromatic rings. The second-order valence-electron chi connectivity index (χ2n) is 7.34. The Morgan fingerprint density at radius 2 is 1.97 bits per heavy atom. The molecule has 1 aliphatic rings. The molecule has 160 valence electrons. The minimum Gasteiger partial charge on any atom is -0.504 e. The lowest BCUT2D eigenvalue weighted by molar-refractivity contribution is 0.373. The van der Waals surface area contributed by atoms with Crippen LogP contribution in [0.2, 0.25) is 0 Å². The Labute approximate surface area is 183 Å². The van der Waals surface area contributed by atoms with Gasteiger partial charge in [0.1, 0.15) is 17.2 Å². The van der Waals surface area contributed by atoms with E-state index in [1.807, 2.05) is 18.2 Å². The molecule has 4 N–H and O–H groups in total. The van der Waals surface area contributed by atoms with Crippen LogP contribution in [0.3, 0.4) is 0 Å². The van der Waals surface area contributed by atoms with E-state index >= 15 is 0 Å². The normalized spacial score (nSPS) is 13.1. The second kappa shape index (κ2) is 7.73. The van der Waals surface area contributed by atoms with Crippen LogP contribution in [0.25, 0.3) is 33.4 Å². The van der Waals surface area contributed by atoms with Crippen molar-refractivity contribution < 1.29 is 14.3 Å². The maximum atomic E-state index is 12.7. The number of phenols is 1. The van der Waals surface area contributed by atoms with Crippen LogP contribution < -0.4 is 21.4 Å². The fraction of sp³-hybridized carbons (Fsp3) is 0.125. The number of hydrogen-bond acceptors (Lipinski definition) is 8. The van der Waals surface area contributed by atoms with Gasteiger partial charge in [-0.3, -0.25) is 4.99 Å². The molecule has 0 bridgehead atoms. The lowest BCUT2D eigenvalue weighted by atomic mass is 9.97. The molecule has 0 spiro atoms. The van der Waals surface area contributed by atoms with Crippen molar-refractivity contribution in [3.8, 4) is 33.9 Å². The molecular formula is C24H20N4O4. The number of amidine groups is 1. The third kappa shape index (κ3) is 3.31. The van der Waals surface area contributed by atoms with Crippen LogP contribution in [0.1, 0.15) is 5.56 Å². The van der Waals surface area contributed by atoms with E-state index in [-0.39, 0.29) is 11.6 Å². The number of pyridine rings is 1. The molecule has 0 amide bonds. The molecule has 0 unspecified atom stereocenters. The number of benzene rings is 2. The Morgan fingerprint density at radius 1 is 1.12 bits per heavy atom. The fourth-order valence-electron chi connectivity index (χ4n) is 3.83. The number of methoxy groups -OCH3 is 1. The molecule has 0 radical (unpaired) electrons. The highest BCUT2D eigenvalue weighted by atomic mass is 16.5. The monoisotopic (exact) mass is 428 g/mol. The van der Waals surface area contributed by atoms with Crippen molar-refractivity contribution in [1.29, 1.82) is 0 Å². The minimum atomic E-state index is -0.506. The fourth-order valence-corrected chi connectivity index (χ4v) is 3.83. The topological polar surface area (TPSA) is 123 Å². The largest absolute Gasteiger partial charge is 0.504 e. The average molecular weight is 428 g/mol. The highest BCUT2D eigenvalue weighted by molar-refractivity contribution is 6.09. The van der Waals surface area contributed by atoms with Gasteiger partial charge in [0, 0.05) is 11.9 Å². The van der Waals surface area contributed by atoms with Crippen molar-refractivity contribution in [2.24, 2.45) is 4.99 Å². The van der Waals surface area contributed by atoms with Crippen LogP contribution in [-0.4, -0.2) is 36.1 Å². The van der Waals surface area contributed by atoms with Crippen LogP contribution in [0.5, 0.6) is 11.5 Å². The molecule has 32 heavy (non-hydrogen) atoms. The van der Waals surface area contributed by atoms with E-state index in [1.54, 1.807) is 36.4 Å². The van der Waals surface area contributed by atoms with Crippen LogP contribution in [-0.2, 0) is 0 Å². The van der Waals surface area contributed by atoms with E-state index in [4.69, 9.17) is 14.9 Å². The quantitative estimate of drug-likeness (QED) is 0.427. The first-order valence-electron chi connectivity index (χ1n) is 10.0. The summed E-state index contributed by atoms with van der Waals surface area (Å²) in [5.74, 6) is 1.20. The third-order valence-corrected chi connectivity index (χ3v) is 5.37. The van der Waals surface area contributed by atoms with Crippen LogP contribution >= 0.6 is 0 Å². The summed E-state index contributed by atoms with van der Waals surface area (Å²) >= 11 is 0. The Hall–Kier alpha value is -4.33. The molecule has 5 rings (SSSR count). The summed E-state index contributed by atoms with van der Waals surface area (Å²) in [5.41, 5.74) is 9.13. The first-order chi connectivity index (χ1) is 15.5. The smallest absolute Gasteiger partial charge is 0.345 e. The molecule has 8 heteroatoms. The van der Waals surface area contributed by atoms with Crippen molar-refractivity contribution in [1.82, 2.24) is 10.3 Å². The molecule has 0 saturated carbocycles. The molecule has 1 aliphatic heterocycles. The maximum Gasteiger partial charge on any atom is 0.345 e. The Balaban J connectivity index is 1.77. The van der Waals surface area contributed by atoms with E-state index in [2.05, 4.69) is 15.3 Å². The highest BCUT2D eigenvalue weighted by Crippen LogP contribution is 2.36. The van der Waals surface area contributed by atoms with E-state index in [1.165, 1.54) is 7.11 Å². The summed E-state index contributed by atoms with van der Waals surface area (Å²) < 4.78 is 10.8. The number of fused-ring (bicyclic) bond motifs is 1. The number of phenolic OH excluding ortho intramolecular Hbond substituents is 1. The molecule has 0 fully saturated rings. The predicted molar refractivity (Wildman–Crippen MR) is 123 cm³/mol. The van der Waals surface area contributed by atoms with Crippen molar-refractivity contribution in [3.05, 3.63) is 70.6 Å². The predicted octanol–water partition coefficient (Wildman–Crippen LogP) is 3.17. The van der Waals surface area contributed by atoms with E-state index in [0.717, 1.165) is 10.9 Å². The Bertz CT molecular complexity index is 1440. The molecule has 0 atom stereocenters. The summed E-state index contributed by atoms with van der Waals surface area (Å²) in [6.45, 7) is 1.33. The number of aromatic hydroxyl groups is 1. The highest BCUT2D eigenvalue weighted by Gasteiger charge is 2.22. The van der Waals surface area contributed by atoms with Gasteiger partial charge in [-0.2, -0.15) is 0 Å². The Kier molecular flexibility index (Phi) is 4.74. The van der Waals surface area contributed by atoms with Crippen molar-refractivity contribution in [2.45, 2.75) is 0 Å². The molecule has 0 aliphatic carbocycles.